The van der Waals surface area contributed by atoms with Crippen LogP contribution in [0.4, 0.5) is 5.69 Å². The Hall–Kier alpha value is -1.88. The van der Waals surface area contributed by atoms with Crippen molar-refractivity contribution in [3.8, 4) is 0 Å². The summed E-state index contributed by atoms with van der Waals surface area (Å²) in [4.78, 5) is 21.8. The molecule has 0 spiro atoms. The van der Waals surface area contributed by atoms with Gasteiger partial charge in [-0.2, -0.15) is 0 Å². The standard InChI is InChI=1S/C12H16N2O3/c1-7-4-3-5-9(6-10(13)12(16)17)11(7)14-8(2)15/h3-5,10H,6,13H2,1-2H3,(H,14,15)(H,16,17). The number of nitrogens with two attached hydrogens (primary N) is 1. The van der Waals surface area contributed by atoms with E-state index in [1.807, 2.05) is 19.1 Å². The van der Waals surface area contributed by atoms with E-state index in [2.05, 4.69) is 5.32 Å². The second kappa shape index (κ2) is 5.45. The van der Waals surface area contributed by atoms with Gasteiger partial charge in [-0.1, -0.05) is 18.2 Å². The summed E-state index contributed by atoms with van der Waals surface area (Å²) >= 11 is 0. The van der Waals surface area contributed by atoms with Crippen molar-refractivity contribution in [2.75, 3.05) is 5.32 Å². The van der Waals surface area contributed by atoms with E-state index in [-0.39, 0.29) is 12.3 Å². The van der Waals surface area contributed by atoms with E-state index in [4.69, 9.17) is 10.8 Å². The second-order valence-electron chi connectivity index (χ2n) is 3.94. The zero-order chi connectivity index (χ0) is 13.0. The summed E-state index contributed by atoms with van der Waals surface area (Å²) in [6.07, 6.45) is 0.187. The van der Waals surface area contributed by atoms with E-state index in [1.54, 1.807) is 6.07 Å². The molecule has 0 saturated carbocycles. The minimum atomic E-state index is -1.06. The molecule has 0 aromatic heterocycles. The molecule has 0 aliphatic rings. The third-order valence-electron chi connectivity index (χ3n) is 2.42. The van der Waals surface area contributed by atoms with Crippen molar-refractivity contribution in [1.82, 2.24) is 0 Å². The lowest BCUT2D eigenvalue weighted by Gasteiger charge is -2.14. The van der Waals surface area contributed by atoms with Crippen molar-refractivity contribution in [2.45, 2.75) is 26.3 Å². The zero-order valence-corrected chi connectivity index (χ0v) is 9.86. The molecule has 1 rings (SSSR count). The summed E-state index contributed by atoms with van der Waals surface area (Å²) in [7, 11) is 0. The lowest BCUT2D eigenvalue weighted by molar-refractivity contribution is -0.138. The number of nitrogens with one attached hydrogen (secondary N) is 1. The number of benzene rings is 1. The van der Waals surface area contributed by atoms with Crippen molar-refractivity contribution in [2.24, 2.45) is 5.73 Å². The number of amides is 1. The normalized spacial score (nSPS) is 11.9. The van der Waals surface area contributed by atoms with Crippen LogP contribution in [-0.2, 0) is 16.0 Å². The number of carboxylic acids is 1. The highest BCUT2D eigenvalue weighted by molar-refractivity contribution is 5.90. The SMILES string of the molecule is CC(=O)Nc1c(C)cccc1CC(N)C(=O)O. The first-order valence-corrected chi connectivity index (χ1v) is 5.26. The van der Waals surface area contributed by atoms with E-state index in [0.29, 0.717) is 5.69 Å². The van der Waals surface area contributed by atoms with Crippen LogP contribution in [0.3, 0.4) is 0 Å². The maximum absolute atomic E-state index is 11.1. The molecule has 0 fully saturated rings. The van der Waals surface area contributed by atoms with Crippen molar-refractivity contribution >= 4 is 17.6 Å². The number of anilines is 1. The first kappa shape index (κ1) is 13.2. The molecule has 1 amide bonds. The molecule has 0 aliphatic heterocycles. The molecule has 0 bridgehead atoms. The minimum absolute atomic E-state index is 0.187. The van der Waals surface area contributed by atoms with Crippen LogP contribution in [0.25, 0.3) is 0 Å². The second-order valence-corrected chi connectivity index (χ2v) is 3.94. The number of hydrogen-bond acceptors (Lipinski definition) is 3. The van der Waals surface area contributed by atoms with E-state index in [1.165, 1.54) is 6.92 Å². The van der Waals surface area contributed by atoms with Gasteiger partial charge in [0.2, 0.25) is 5.91 Å². The van der Waals surface area contributed by atoms with Crippen LogP contribution in [0.5, 0.6) is 0 Å². The van der Waals surface area contributed by atoms with Gasteiger partial charge in [-0.05, 0) is 18.1 Å². The number of carbonyl (C=O) groups is 2. The van der Waals surface area contributed by atoms with Crippen LogP contribution in [-0.4, -0.2) is 23.0 Å². The van der Waals surface area contributed by atoms with Crippen LogP contribution >= 0.6 is 0 Å². The molecule has 0 heterocycles. The molecule has 0 radical (unpaired) electrons. The van der Waals surface area contributed by atoms with E-state index in [0.717, 1.165) is 11.1 Å². The fraction of sp³-hybridized carbons (Fsp3) is 0.333. The Kier molecular flexibility index (Phi) is 4.23. The Labute approximate surface area is 99.6 Å². The maximum Gasteiger partial charge on any atom is 0.320 e. The van der Waals surface area contributed by atoms with Crippen LogP contribution in [0, 0.1) is 6.92 Å². The first-order chi connectivity index (χ1) is 7.91. The molecular weight excluding hydrogens is 220 g/mol. The fourth-order valence-electron chi connectivity index (χ4n) is 1.58. The van der Waals surface area contributed by atoms with Gasteiger partial charge in [0.05, 0.1) is 0 Å². The van der Waals surface area contributed by atoms with E-state index >= 15 is 0 Å². The molecule has 1 unspecified atom stereocenters. The smallest absolute Gasteiger partial charge is 0.320 e. The Bertz CT molecular complexity index is 443. The van der Waals surface area contributed by atoms with Crippen molar-refractivity contribution in [1.29, 1.82) is 0 Å². The molecule has 92 valence electrons. The third-order valence-corrected chi connectivity index (χ3v) is 2.42. The number of aryl methyl sites for hydroxylation is 1. The molecule has 5 nitrogen and oxygen atoms in total. The summed E-state index contributed by atoms with van der Waals surface area (Å²) in [5, 5.41) is 11.5. The van der Waals surface area contributed by atoms with Gasteiger partial charge in [-0.15, -0.1) is 0 Å². The molecule has 0 aliphatic carbocycles. The van der Waals surface area contributed by atoms with Gasteiger partial charge in [-0.3, -0.25) is 9.59 Å². The van der Waals surface area contributed by atoms with Gasteiger partial charge >= 0.3 is 5.97 Å². The highest BCUT2D eigenvalue weighted by Crippen LogP contribution is 2.21. The largest absolute Gasteiger partial charge is 0.480 e. The molecule has 5 heteroatoms. The number of rotatable bonds is 4. The Balaban J connectivity index is 3.02. The first-order valence-electron chi connectivity index (χ1n) is 5.26. The maximum atomic E-state index is 11.1. The number of carboxylic acid groups (broad SMARTS) is 1. The Morgan fingerprint density at radius 1 is 1.47 bits per heavy atom. The lowest BCUT2D eigenvalue weighted by atomic mass is 10.0. The molecule has 0 saturated heterocycles. The topological polar surface area (TPSA) is 92.4 Å². The van der Waals surface area contributed by atoms with Crippen molar-refractivity contribution in [3.05, 3.63) is 29.3 Å². The highest BCUT2D eigenvalue weighted by Gasteiger charge is 2.15. The number of carbonyl (C=O) groups excluding carboxylic acids is 1. The van der Waals surface area contributed by atoms with Crippen LogP contribution in [0.1, 0.15) is 18.1 Å². The van der Waals surface area contributed by atoms with Gasteiger partial charge < -0.3 is 16.2 Å². The molecule has 4 N–H and O–H groups in total. The zero-order valence-electron chi connectivity index (χ0n) is 9.86. The van der Waals surface area contributed by atoms with Gasteiger partial charge in [0.1, 0.15) is 6.04 Å². The fourth-order valence-corrected chi connectivity index (χ4v) is 1.58. The Morgan fingerprint density at radius 3 is 2.65 bits per heavy atom. The molecule has 1 atom stereocenters. The van der Waals surface area contributed by atoms with Crippen molar-refractivity contribution in [3.63, 3.8) is 0 Å². The quantitative estimate of drug-likeness (QED) is 0.724. The minimum Gasteiger partial charge on any atom is -0.480 e. The number of aliphatic carboxylic acids is 1. The van der Waals surface area contributed by atoms with Gasteiger partial charge in [-0.25, -0.2) is 0 Å². The number of hydrogen-bond donors (Lipinski definition) is 3. The van der Waals surface area contributed by atoms with Crippen LogP contribution in [0.15, 0.2) is 18.2 Å². The predicted molar refractivity (Wildman–Crippen MR) is 64.8 cm³/mol. The number of para-hydroxylation sites is 1. The molecular formula is C12H16N2O3. The van der Waals surface area contributed by atoms with Crippen molar-refractivity contribution < 1.29 is 14.7 Å². The Morgan fingerprint density at radius 2 is 2.12 bits per heavy atom. The summed E-state index contributed by atoms with van der Waals surface area (Å²) in [5.74, 6) is -1.25. The van der Waals surface area contributed by atoms with Crippen LogP contribution < -0.4 is 11.1 Å². The monoisotopic (exact) mass is 236 g/mol. The van der Waals surface area contributed by atoms with Crippen LogP contribution in [0.2, 0.25) is 0 Å². The van der Waals surface area contributed by atoms with Gasteiger partial charge in [0, 0.05) is 19.0 Å². The average molecular weight is 236 g/mol. The summed E-state index contributed by atoms with van der Waals surface area (Å²) in [5.41, 5.74) is 7.75. The third kappa shape index (κ3) is 3.57. The van der Waals surface area contributed by atoms with E-state index in [9.17, 15) is 9.59 Å². The molecule has 1 aromatic rings. The van der Waals surface area contributed by atoms with Gasteiger partial charge in [0.15, 0.2) is 0 Å². The molecule has 17 heavy (non-hydrogen) atoms. The average Bonchev–Trinajstić information content (AvgIpc) is 2.22. The lowest BCUT2D eigenvalue weighted by Crippen LogP contribution is -2.32. The molecule has 1 aromatic carbocycles. The van der Waals surface area contributed by atoms with E-state index < -0.39 is 12.0 Å². The highest BCUT2D eigenvalue weighted by atomic mass is 16.4. The summed E-state index contributed by atoms with van der Waals surface area (Å²) in [6.45, 7) is 3.26. The van der Waals surface area contributed by atoms with Gasteiger partial charge in [0.25, 0.3) is 0 Å². The summed E-state index contributed by atoms with van der Waals surface area (Å²) < 4.78 is 0. The predicted octanol–water partition coefficient (Wildman–Crippen LogP) is 0.908. The summed E-state index contributed by atoms with van der Waals surface area (Å²) in [6, 6.07) is 4.46.